The Morgan fingerprint density at radius 1 is 1.17 bits per heavy atom. The molecule has 0 aliphatic heterocycles. The summed E-state index contributed by atoms with van der Waals surface area (Å²) in [6.07, 6.45) is 0. The van der Waals surface area contributed by atoms with E-state index in [-0.39, 0.29) is 24.3 Å². The van der Waals surface area contributed by atoms with Gasteiger partial charge < -0.3 is 10.1 Å². The average molecular weight is 332 g/mol. The van der Waals surface area contributed by atoms with Gasteiger partial charge in [0.25, 0.3) is 5.91 Å². The van der Waals surface area contributed by atoms with Gasteiger partial charge in [-0.25, -0.2) is 0 Å². The average Bonchev–Trinajstić information content (AvgIpc) is 2.53. The highest BCUT2D eigenvalue weighted by Gasteiger charge is 2.10. The third kappa shape index (κ3) is 5.11. The summed E-state index contributed by atoms with van der Waals surface area (Å²) in [5.74, 6) is 0.304. The molecule has 0 aromatic heterocycles. The Labute approximate surface area is 140 Å². The Bertz CT molecular complexity index is 698. The third-order valence-electron chi connectivity index (χ3n) is 3.36. The fraction of sp³-hybridized carbons (Fsp3) is 0.222. The highest BCUT2D eigenvalue weighted by molar-refractivity contribution is 6.30. The number of ether oxygens (including phenoxy) is 1. The molecule has 0 aliphatic carbocycles. The van der Waals surface area contributed by atoms with E-state index in [2.05, 4.69) is 5.32 Å². The van der Waals surface area contributed by atoms with Gasteiger partial charge in [-0.3, -0.25) is 9.59 Å². The Morgan fingerprint density at radius 3 is 2.48 bits per heavy atom. The third-order valence-corrected chi connectivity index (χ3v) is 3.59. The summed E-state index contributed by atoms with van der Waals surface area (Å²) in [6.45, 7) is 3.29. The molecular formula is C18H18ClNO3. The van der Waals surface area contributed by atoms with E-state index in [0.717, 1.165) is 5.56 Å². The van der Waals surface area contributed by atoms with Crippen LogP contribution in [0, 0.1) is 0 Å². The second-order valence-electron chi connectivity index (χ2n) is 5.21. The molecule has 0 saturated carbocycles. The van der Waals surface area contributed by atoms with Gasteiger partial charge in [-0.1, -0.05) is 23.7 Å². The van der Waals surface area contributed by atoms with E-state index in [1.165, 1.54) is 6.92 Å². The minimum absolute atomic E-state index is 0.00959. The van der Waals surface area contributed by atoms with Crippen molar-refractivity contribution in [2.75, 3.05) is 6.61 Å². The van der Waals surface area contributed by atoms with Gasteiger partial charge in [0.05, 0.1) is 6.04 Å². The van der Waals surface area contributed by atoms with E-state index < -0.39 is 0 Å². The number of halogens is 1. The number of benzene rings is 2. The summed E-state index contributed by atoms with van der Waals surface area (Å²) in [5, 5.41) is 3.48. The Morgan fingerprint density at radius 2 is 1.87 bits per heavy atom. The predicted molar refractivity (Wildman–Crippen MR) is 90.0 cm³/mol. The molecule has 120 valence electrons. The molecule has 0 fully saturated rings. The Kier molecular flexibility index (Phi) is 5.77. The number of ketones is 1. The van der Waals surface area contributed by atoms with Gasteiger partial charge in [0.15, 0.2) is 12.4 Å². The maximum atomic E-state index is 11.9. The highest BCUT2D eigenvalue weighted by Crippen LogP contribution is 2.17. The summed E-state index contributed by atoms with van der Waals surface area (Å²) in [7, 11) is 0. The van der Waals surface area contributed by atoms with Crippen molar-refractivity contribution in [2.45, 2.75) is 19.9 Å². The predicted octanol–water partition coefficient (Wildman–Crippen LogP) is 3.80. The molecule has 0 aliphatic rings. The number of rotatable bonds is 6. The lowest BCUT2D eigenvalue weighted by Gasteiger charge is -2.15. The van der Waals surface area contributed by atoms with Gasteiger partial charge in [-0.2, -0.15) is 0 Å². The molecule has 5 heteroatoms. The second kappa shape index (κ2) is 7.79. The maximum absolute atomic E-state index is 11.9. The number of Topliss-reactive ketones (excluding diaryl/α,β-unsaturated/α-hetero) is 1. The number of amides is 1. The first kappa shape index (κ1) is 17.0. The van der Waals surface area contributed by atoms with Crippen LogP contribution < -0.4 is 10.1 Å². The molecule has 2 rings (SSSR count). The van der Waals surface area contributed by atoms with Crippen LogP contribution in [0.15, 0.2) is 48.5 Å². The van der Waals surface area contributed by atoms with Gasteiger partial charge >= 0.3 is 0 Å². The first-order chi connectivity index (χ1) is 11.0. The summed E-state index contributed by atoms with van der Waals surface area (Å²) in [4.78, 5) is 23.1. The molecule has 2 aromatic carbocycles. The number of nitrogens with one attached hydrogen (secondary N) is 1. The molecule has 1 amide bonds. The zero-order chi connectivity index (χ0) is 16.8. The van der Waals surface area contributed by atoms with Gasteiger partial charge in [0, 0.05) is 10.6 Å². The van der Waals surface area contributed by atoms with Crippen LogP contribution in [-0.2, 0) is 4.79 Å². The van der Waals surface area contributed by atoms with Gasteiger partial charge in [0.1, 0.15) is 5.75 Å². The first-order valence-electron chi connectivity index (χ1n) is 7.24. The normalized spacial score (nSPS) is 11.6. The lowest BCUT2D eigenvalue weighted by Crippen LogP contribution is -2.31. The fourth-order valence-corrected chi connectivity index (χ4v) is 2.28. The molecule has 0 bridgehead atoms. The van der Waals surface area contributed by atoms with E-state index in [1.54, 1.807) is 30.3 Å². The molecule has 2 aromatic rings. The van der Waals surface area contributed by atoms with Crippen molar-refractivity contribution in [1.29, 1.82) is 0 Å². The maximum Gasteiger partial charge on any atom is 0.258 e. The molecular weight excluding hydrogens is 314 g/mol. The minimum Gasteiger partial charge on any atom is -0.484 e. The van der Waals surface area contributed by atoms with Crippen LogP contribution in [-0.4, -0.2) is 18.3 Å². The fourth-order valence-electron chi connectivity index (χ4n) is 2.08. The quantitative estimate of drug-likeness (QED) is 0.819. The minimum atomic E-state index is -0.229. The van der Waals surface area contributed by atoms with Crippen LogP contribution in [0.4, 0.5) is 0 Å². The zero-order valence-corrected chi connectivity index (χ0v) is 13.8. The van der Waals surface area contributed by atoms with Gasteiger partial charge in [-0.15, -0.1) is 0 Å². The molecule has 1 unspecified atom stereocenters. The molecule has 0 heterocycles. The van der Waals surface area contributed by atoms with Crippen molar-refractivity contribution in [1.82, 2.24) is 5.32 Å². The van der Waals surface area contributed by atoms with Gasteiger partial charge in [0.2, 0.25) is 0 Å². The van der Waals surface area contributed by atoms with Crippen LogP contribution in [0.2, 0.25) is 5.02 Å². The first-order valence-corrected chi connectivity index (χ1v) is 7.62. The summed E-state index contributed by atoms with van der Waals surface area (Å²) in [5.41, 5.74) is 1.54. The molecule has 23 heavy (non-hydrogen) atoms. The zero-order valence-electron chi connectivity index (χ0n) is 13.0. The van der Waals surface area contributed by atoms with Crippen LogP contribution >= 0.6 is 11.6 Å². The molecule has 1 atom stereocenters. The molecule has 0 radical (unpaired) electrons. The van der Waals surface area contributed by atoms with Crippen molar-refractivity contribution < 1.29 is 14.3 Å². The van der Waals surface area contributed by atoms with Crippen LogP contribution in [0.5, 0.6) is 5.75 Å². The standard InChI is InChI=1S/C18H18ClNO3/c1-12(15-4-3-5-16(19)10-15)20-18(22)11-23-17-8-6-14(7-9-17)13(2)21/h3-10,12H,11H2,1-2H3,(H,20,22). The highest BCUT2D eigenvalue weighted by atomic mass is 35.5. The van der Waals surface area contributed by atoms with E-state index in [1.807, 2.05) is 25.1 Å². The van der Waals surface area contributed by atoms with Crippen molar-refractivity contribution in [3.63, 3.8) is 0 Å². The van der Waals surface area contributed by atoms with E-state index >= 15 is 0 Å². The Hall–Kier alpha value is -2.33. The monoisotopic (exact) mass is 331 g/mol. The summed E-state index contributed by atoms with van der Waals surface area (Å²) >= 11 is 5.94. The number of hydrogen-bond acceptors (Lipinski definition) is 3. The van der Waals surface area contributed by atoms with Crippen molar-refractivity contribution in [3.05, 3.63) is 64.7 Å². The lowest BCUT2D eigenvalue weighted by molar-refractivity contribution is -0.123. The number of carbonyl (C=O) groups is 2. The van der Waals surface area contributed by atoms with Gasteiger partial charge in [-0.05, 0) is 55.8 Å². The molecule has 0 saturated heterocycles. The lowest BCUT2D eigenvalue weighted by atomic mass is 10.1. The van der Waals surface area contributed by atoms with Crippen LogP contribution in [0.1, 0.15) is 35.8 Å². The van der Waals surface area contributed by atoms with Crippen molar-refractivity contribution in [2.24, 2.45) is 0 Å². The molecule has 4 nitrogen and oxygen atoms in total. The molecule has 0 spiro atoms. The smallest absolute Gasteiger partial charge is 0.258 e. The van der Waals surface area contributed by atoms with E-state index in [4.69, 9.17) is 16.3 Å². The largest absolute Gasteiger partial charge is 0.484 e. The number of carbonyl (C=O) groups excluding carboxylic acids is 2. The SMILES string of the molecule is CC(=O)c1ccc(OCC(=O)NC(C)c2cccc(Cl)c2)cc1. The number of hydrogen-bond donors (Lipinski definition) is 1. The summed E-state index contributed by atoms with van der Waals surface area (Å²) in [6, 6.07) is 13.9. The van der Waals surface area contributed by atoms with Crippen molar-refractivity contribution >= 4 is 23.3 Å². The van der Waals surface area contributed by atoms with E-state index in [0.29, 0.717) is 16.3 Å². The Balaban J connectivity index is 1.86. The second-order valence-corrected chi connectivity index (χ2v) is 5.65. The van der Waals surface area contributed by atoms with Crippen LogP contribution in [0.3, 0.4) is 0 Å². The summed E-state index contributed by atoms with van der Waals surface area (Å²) < 4.78 is 5.41. The van der Waals surface area contributed by atoms with Crippen LogP contribution in [0.25, 0.3) is 0 Å². The molecule has 1 N–H and O–H groups in total. The topological polar surface area (TPSA) is 55.4 Å². The van der Waals surface area contributed by atoms with Crippen molar-refractivity contribution in [3.8, 4) is 5.75 Å². The van der Waals surface area contributed by atoms with E-state index in [9.17, 15) is 9.59 Å².